The van der Waals surface area contributed by atoms with Crippen molar-refractivity contribution in [3.05, 3.63) is 0 Å². The van der Waals surface area contributed by atoms with Crippen LogP contribution in [0.25, 0.3) is 0 Å². The van der Waals surface area contributed by atoms with E-state index in [1.165, 1.54) is 32.1 Å². The molecule has 0 aromatic heterocycles. The maximum atomic E-state index is 9.74. The van der Waals surface area contributed by atoms with Crippen LogP contribution < -0.4 is 5.32 Å². The summed E-state index contributed by atoms with van der Waals surface area (Å²) in [5.74, 6) is 0. The van der Waals surface area contributed by atoms with Gasteiger partial charge in [-0.25, -0.2) is 0 Å². The third-order valence-corrected chi connectivity index (χ3v) is 2.85. The summed E-state index contributed by atoms with van der Waals surface area (Å²) in [7, 11) is 1.95. The average Bonchev–Trinajstić information content (AvgIpc) is 2.17. The number of nitrogens with one attached hydrogen (secondary N) is 1. The van der Waals surface area contributed by atoms with Gasteiger partial charge in [-0.2, -0.15) is 0 Å². The van der Waals surface area contributed by atoms with Crippen LogP contribution in [0.4, 0.5) is 0 Å². The zero-order valence-electron chi connectivity index (χ0n) is 8.05. The van der Waals surface area contributed by atoms with Crippen molar-refractivity contribution in [2.45, 2.75) is 57.1 Å². The number of aliphatic hydroxyl groups excluding tert-OH is 1. The Kier molecular flexibility index (Phi) is 4.62. The summed E-state index contributed by atoms with van der Waals surface area (Å²) >= 11 is 0. The molecule has 1 aliphatic carbocycles. The normalized spacial score (nSPS) is 33.5. The smallest absolute Gasteiger partial charge is 0.0693 e. The highest BCUT2D eigenvalue weighted by Gasteiger charge is 2.17. The summed E-state index contributed by atoms with van der Waals surface area (Å²) in [5.41, 5.74) is 0. The molecule has 0 radical (unpaired) electrons. The minimum Gasteiger partial charge on any atom is -0.392 e. The average molecular weight is 171 g/mol. The van der Waals surface area contributed by atoms with E-state index in [-0.39, 0.29) is 6.10 Å². The molecule has 0 aromatic rings. The van der Waals surface area contributed by atoms with Crippen molar-refractivity contribution in [1.29, 1.82) is 0 Å². The maximum Gasteiger partial charge on any atom is 0.0693 e. The highest BCUT2D eigenvalue weighted by molar-refractivity contribution is 4.75. The Morgan fingerprint density at radius 1 is 1.00 bits per heavy atom. The second-order valence-electron chi connectivity index (χ2n) is 3.81. The summed E-state index contributed by atoms with van der Waals surface area (Å²) in [4.78, 5) is 0. The van der Waals surface area contributed by atoms with Gasteiger partial charge in [0.05, 0.1) is 6.10 Å². The highest BCUT2D eigenvalue weighted by Crippen LogP contribution is 2.17. The van der Waals surface area contributed by atoms with Crippen LogP contribution >= 0.6 is 0 Å². The molecule has 2 atom stereocenters. The molecular formula is C10H21NO. The van der Waals surface area contributed by atoms with Gasteiger partial charge in [0.1, 0.15) is 0 Å². The van der Waals surface area contributed by atoms with E-state index >= 15 is 0 Å². The van der Waals surface area contributed by atoms with Gasteiger partial charge in [-0.3, -0.25) is 0 Å². The fourth-order valence-electron chi connectivity index (χ4n) is 1.98. The molecule has 0 unspecified atom stereocenters. The molecule has 0 amide bonds. The first kappa shape index (κ1) is 10.0. The lowest BCUT2D eigenvalue weighted by Gasteiger charge is -2.21. The van der Waals surface area contributed by atoms with Gasteiger partial charge in [0.15, 0.2) is 0 Å². The van der Waals surface area contributed by atoms with Crippen molar-refractivity contribution in [2.75, 3.05) is 7.05 Å². The topological polar surface area (TPSA) is 32.3 Å². The van der Waals surface area contributed by atoms with E-state index in [4.69, 9.17) is 0 Å². The van der Waals surface area contributed by atoms with Gasteiger partial charge in [0.25, 0.3) is 0 Å². The Morgan fingerprint density at radius 3 is 2.25 bits per heavy atom. The van der Waals surface area contributed by atoms with E-state index in [1.54, 1.807) is 0 Å². The van der Waals surface area contributed by atoms with Crippen molar-refractivity contribution < 1.29 is 5.11 Å². The van der Waals surface area contributed by atoms with Crippen molar-refractivity contribution >= 4 is 0 Å². The molecule has 2 nitrogen and oxygen atoms in total. The molecule has 0 saturated heterocycles. The minimum atomic E-state index is -0.118. The number of hydrogen-bond acceptors (Lipinski definition) is 2. The molecule has 2 heteroatoms. The van der Waals surface area contributed by atoms with Gasteiger partial charge in [-0.05, 0) is 19.9 Å². The predicted molar refractivity (Wildman–Crippen MR) is 51.2 cm³/mol. The first-order valence-corrected chi connectivity index (χ1v) is 5.20. The van der Waals surface area contributed by atoms with Gasteiger partial charge >= 0.3 is 0 Å². The minimum absolute atomic E-state index is 0.118. The Hall–Kier alpha value is -0.0800. The SMILES string of the molecule is CN[C@@H]1CCCCCCC[C@@H]1O. The lowest BCUT2D eigenvalue weighted by molar-refractivity contribution is 0.116. The van der Waals surface area contributed by atoms with Gasteiger partial charge in [-0.15, -0.1) is 0 Å². The van der Waals surface area contributed by atoms with Gasteiger partial charge in [0, 0.05) is 6.04 Å². The van der Waals surface area contributed by atoms with Crippen LogP contribution in [0.3, 0.4) is 0 Å². The summed E-state index contributed by atoms with van der Waals surface area (Å²) in [6, 6.07) is 0.336. The lowest BCUT2D eigenvalue weighted by atomic mass is 10.0. The molecular weight excluding hydrogens is 150 g/mol. The largest absolute Gasteiger partial charge is 0.392 e. The third-order valence-electron chi connectivity index (χ3n) is 2.85. The van der Waals surface area contributed by atoms with Crippen LogP contribution in [0, 0.1) is 0 Å². The number of rotatable bonds is 1. The van der Waals surface area contributed by atoms with E-state index in [1.807, 2.05) is 7.05 Å². The van der Waals surface area contributed by atoms with E-state index < -0.39 is 0 Å². The first-order valence-electron chi connectivity index (χ1n) is 5.20. The van der Waals surface area contributed by atoms with Crippen LogP contribution in [0.1, 0.15) is 44.9 Å². The number of likely N-dealkylation sites (N-methyl/N-ethyl adjacent to an activating group) is 1. The van der Waals surface area contributed by atoms with E-state index in [0.717, 1.165) is 12.8 Å². The van der Waals surface area contributed by atoms with Crippen LogP contribution in [0.5, 0.6) is 0 Å². The summed E-state index contributed by atoms with van der Waals surface area (Å²) in [5, 5.41) is 12.9. The molecule has 0 bridgehead atoms. The molecule has 2 N–H and O–H groups in total. The van der Waals surface area contributed by atoms with E-state index in [2.05, 4.69) is 5.32 Å². The standard InChI is InChI=1S/C10H21NO/c1-11-9-7-5-3-2-4-6-8-10(9)12/h9-12H,2-8H2,1H3/t9-,10+/m1/s1. The molecule has 0 heterocycles. The fraction of sp³-hybridized carbons (Fsp3) is 1.00. The molecule has 0 spiro atoms. The van der Waals surface area contributed by atoms with Crippen molar-refractivity contribution in [2.24, 2.45) is 0 Å². The number of aliphatic hydroxyl groups is 1. The zero-order chi connectivity index (χ0) is 8.81. The Balaban J connectivity index is 2.35. The molecule has 0 aliphatic heterocycles. The monoisotopic (exact) mass is 171 g/mol. The van der Waals surface area contributed by atoms with Crippen LogP contribution in [-0.2, 0) is 0 Å². The second kappa shape index (κ2) is 5.55. The molecule has 1 aliphatic rings. The second-order valence-corrected chi connectivity index (χ2v) is 3.81. The quantitative estimate of drug-likeness (QED) is 0.629. The molecule has 1 saturated carbocycles. The fourth-order valence-corrected chi connectivity index (χ4v) is 1.98. The van der Waals surface area contributed by atoms with Crippen LogP contribution in [0.2, 0.25) is 0 Å². The van der Waals surface area contributed by atoms with Crippen molar-refractivity contribution in [3.63, 3.8) is 0 Å². The summed E-state index contributed by atoms with van der Waals surface area (Å²) in [6.45, 7) is 0. The highest BCUT2D eigenvalue weighted by atomic mass is 16.3. The molecule has 72 valence electrons. The Labute approximate surface area is 75.4 Å². The van der Waals surface area contributed by atoms with Gasteiger partial charge in [-0.1, -0.05) is 32.1 Å². The summed E-state index contributed by atoms with van der Waals surface area (Å²) < 4.78 is 0. The lowest BCUT2D eigenvalue weighted by Crippen LogP contribution is -2.37. The van der Waals surface area contributed by atoms with Crippen molar-refractivity contribution in [3.8, 4) is 0 Å². The molecule has 1 rings (SSSR count). The first-order chi connectivity index (χ1) is 5.84. The molecule has 12 heavy (non-hydrogen) atoms. The Bertz CT molecular complexity index is 116. The van der Waals surface area contributed by atoms with Gasteiger partial charge < -0.3 is 10.4 Å². The maximum absolute atomic E-state index is 9.74. The van der Waals surface area contributed by atoms with Crippen molar-refractivity contribution in [1.82, 2.24) is 5.32 Å². The summed E-state index contributed by atoms with van der Waals surface area (Å²) in [6.07, 6.45) is 8.44. The van der Waals surface area contributed by atoms with E-state index in [0.29, 0.717) is 6.04 Å². The van der Waals surface area contributed by atoms with Crippen LogP contribution in [0.15, 0.2) is 0 Å². The Morgan fingerprint density at radius 2 is 1.58 bits per heavy atom. The number of hydrogen-bond donors (Lipinski definition) is 2. The molecule has 1 fully saturated rings. The van der Waals surface area contributed by atoms with Gasteiger partial charge in [0.2, 0.25) is 0 Å². The van der Waals surface area contributed by atoms with E-state index in [9.17, 15) is 5.11 Å². The predicted octanol–water partition coefficient (Wildman–Crippen LogP) is 1.68. The third kappa shape index (κ3) is 3.11. The van der Waals surface area contributed by atoms with Crippen LogP contribution in [-0.4, -0.2) is 24.3 Å². The zero-order valence-corrected chi connectivity index (χ0v) is 8.05. The molecule has 0 aromatic carbocycles.